The Morgan fingerprint density at radius 1 is 0.280 bits per heavy atom. The number of hydrogen-bond donors (Lipinski definition) is 0. The molecule has 0 aromatic carbocycles. The molecule has 0 bridgehead atoms. The first-order valence-corrected chi connectivity index (χ1v) is 31.7. The molecule has 430 valence electrons. The first-order chi connectivity index (χ1) is 37.0. The summed E-state index contributed by atoms with van der Waals surface area (Å²) in [4.78, 5) is 37.8. The van der Waals surface area contributed by atoms with Crippen molar-refractivity contribution in [2.45, 2.75) is 309 Å². The van der Waals surface area contributed by atoms with Crippen LogP contribution in [0, 0.1) is 0 Å². The predicted octanol–water partition coefficient (Wildman–Crippen LogP) is 21.7. The fourth-order valence-electron chi connectivity index (χ4n) is 8.85. The number of esters is 3. The van der Waals surface area contributed by atoms with Gasteiger partial charge < -0.3 is 14.2 Å². The number of unbranched alkanes of at least 4 members (excludes halogenated alkanes) is 30. The molecule has 0 rings (SSSR count). The molecule has 0 amide bonds. The molecule has 0 aliphatic rings. The molecule has 0 saturated heterocycles. The molecule has 0 aliphatic carbocycles. The van der Waals surface area contributed by atoms with Gasteiger partial charge in [0, 0.05) is 19.3 Å². The van der Waals surface area contributed by atoms with Gasteiger partial charge >= 0.3 is 17.9 Å². The number of hydrogen-bond acceptors (Lipinski definition) is 6. The summed E-state index contributed by atoms with van der Waals surface area (Å²) in [6, 6.07) is 0. The Balaban J connectivity index is 4.01. The minimum Gasteiger partial charge on any atom is -0.462 e. The quantitative estimate of drug-likeness (QED) is 0.0261. The SMILES string of the molecule is CC/C=C\C/C=C\C/C=C\C/C=C\C/C=C\C/C=C\CCC(=O)OC(COC(=O)CCCCCCC)COC(=O)CCCCCCCCCCCCCCCCCCCCCCC/C=C\C/C=C\CCCCCCC. The van der Waals surface area contributed by atoms with Crippen molar-refractivity contribution in [1.29, 1.82) is 0 Å². The van der Waals surface area contributed by atoms with E-state index in [1.165, 1.54) is 161 Å². The van der Waals surface area contributed by atoms with E-state index in [1.807, 2.05) is 12.2 Å². The van der Waals surface area contributed by atoms with Crippen LogP contribution in [-0.4, -0.2) is 37.2 Å². The predicted molar refractivity (Wildman–Crippen MR) is 325 cm³/mol. The van der Waals surface area contributed by atoms with Crippen molar-refractivity contribution in [3.63, 3.8) is 0 Å². The lowest BCUT2D eigenvalue weighted by molar-refractivity contribution is -0.166. The third-order valence-corrected chi connectivity index (χ3v) is 13.6. The van der Waals surface area contributed by atoms with Gasteiger partial charge in [-0.1, -0.05) is 291 Å². The van der Waals surface area contributed by atoms with Crippen molar-refractivity contribution in [2.75, 3.05) is 13.2 Å². The molecule has 75 heavy (non-hydrogen) atoms. The average Bonchev–Trinajstić information content (AvgIpc) is 3.41. The maximum atomic E-state index is 12.8. The lowest BCUT2D eigenvalue weighted by Gasteiger charge is -2.18. The molecule has 0 N–H and O–H groups in total. The molecule has 1 atom stereocenters. The van der Waals surface area contributed by atoms with E-state index in [-0.39, 0.29) is 31.6 Å². The highest BCUT2D eigenvalue weighted by Crippen LogP contribution is 2.17. The standard InChI is InChI=1S/C69H118O6/c1-4-7-10-13-15-17-19-21-23-25-27-28-29-30-31-32-33-34-35-36-37-38-39-40-42-43-45-47-49-51-53-56-59-62-68(71)74-65-66(64-73-67(70)61-58-55-12-9-6-3)75-69(72)63-60-57-54-52-50-48-46-44-41-26-24-22-20-18-16-14-11-8-5-2/h8,11,16,18-19,21-22,24-25,27,41,44,48,50,54,57,66H,4-7,9-10,12-15,17,20,23,26,28-40,42-43,45-47,49,51-53,55-56,58-65H2,1-3H3/b11-8-,18-16-,21-19-,24-22-,27-25-,44-41-,50-48-,57-54-. The highest BCUT2D eigenvalue weighted by molar-refractivity contribution is 5.71. The lowest BCUT2D eigenvalue weighted by atomic mass is 10.0. The van der Waals surface area contributed by atoms with Crippen LogP contribution >= 0.6 is 0 Å². The normalized spacial score (nSPS) is 12.7. The van der Waals surface area contributed by atoms with Crippen molar-refractivity contribution in [1.82, 2.24) is 0 Å². The van der Waals surface area contributed by atoms with Gasteiger partial charge in [-0.3, -0.25) is 14.4 Å². The Labute approximate surface area is 464 Å². The third-order valence-electron chi connectivity index (χ3n) is 13.6. The summed E-state index contributed by atoms with van der Waals surface area (Å²) in [5.41, 5.74) is 0. The summed E-state index contributed by atoms with van der Waals surface area (Å²) in [6.07, 6.45) is 85.0. The molecule has 0 heterocycles. The minimum atomic E-state index is -0.813. The molecule has 6 heteroatoms. The Morgan fingerprint density at radius 3 is 0.867 bits per heavy atom. The average molecular weight is 1040 g/mol. The topological polar surface area (TPSA) is 78.9 Å². The summed E-state index contributed by atoms with van der Waals surface area (Å²) in [5.74, 6) is -0.999. The van der Waals surface area contributed by atoms with Crippen LogP contribution in [0.4, 0.5) is 0 Å². The second kappa shape index (κ2) is 62.9. The van der Waals surface area contributed by atoms with E-state index in [9.17, 15) is 14.4 Å². The first kappa shape index (κ1) is 71.3. The van der Waals surface area contributed by atoms with Crippen LogP contribution < -0.4 is 0 Å². The van der Waals surface area contributed by atoms with Crippen molar-refractivity contribution >= 4 is 17.9 Å². The fourth-order valence-corrected chi connectivity index (χ4v) is 8.85. The van der Waals surface area contributed by atoms with Gasteiger partial charge in [0.05, 0.1) is 0 Å². The molecule has 0 aliphatic heterocycles. The van der Waals surface area contributed by atoms with E-state index in [1.54, 1.807) is 0 Å². The van der Waals surface area contributed by atoms with Gasteiger partial charge in [-0.2, -0.15) is 0 Å². The zero-order chi connectivity index (χ0) is 54.3. The van der Waals surface area contributed by atoms with Gasteiger partial charge in [0.25, 0.3) is 0 Å². The molecule has 6 nitrogen and oxygen atoms in total. The second-order valence-corrected chi connectivity index (χ2v) is 20.9. The zero-order valence-electron chi connectivity index (χ0n) is 49.3. The number of rotatable bonds is 57. The van der Waals surface area contributed by atoms with Gasteiger partial charge in [0.15, 0.2) is 6.10 Å². The highest BCUT2D eigenvalue weighted by Gasteiger charge is 2.19. The van der Waals surface area contributed by atoms with E-state index >= 15 is 0 Å². The zero-order valence-corrected chi connectivity index (χ0v) is 49.3. The summed E-state index contributed by atoms with van der Waals surface area (Å²) in [7, 11) is 0. The molecule has 0 fully saturated rings. The Morgan fingerprint density at radius 2 is 0.547 bits per heavy atom. The van der Waals surface area contributed by atoms with E-state index in [0.29, 0.717) is 19.3 Å². The Bertz CT molecular complexity index is 1480. The van der Waals surface area contributed by atoms with Crippen LogP contribution in [0.2, 0.25) is 0 Å². The molecule has 0 aromatic rings. The van der Waals surface area contributed by atoms with E-state index in [4.69, 9.17) is 14.2 Å². The molecule has 1 unspecified atom stereocenters. The third kappa shape index (κ3) is 61.1. The van der Waals surface area contributed by atoms with E-state index in [0.717, 1.165) is 96.3 Å². The Kier molecular flexibility index (Phi) is 59.8. The largest absolute Gasteiger partial charge is 0.462 e. The summed E-state index contributed by atoms with van der Waals surface area (Å²) >= 11 is 0. The van der Waals surface area contributed by atoms with Crippen molar-refractivity contribution < 1.29 is 28.6 Å². The maximum Gasteiger partial charge on any atom is 0.306 e. The molecule has 0 radical (unpaired) electrons. The lowest BCUT2D eigenvalue weighted by Crippen LogP contribution is -2.30. The van der Waals surface area contributed by atoms with Gasteiger partial charge in [-0.05, 0) is 89.9 Å². The van der Waals surface area contributed by atoms with Crippen LogP contribution in [0.25, 0.3) is 0 Å². The Hall–Kier alpha value is -3.67. The summed E-state index contributed by atoms with van der Waals surface area (Å²) < 4.78 is 16.7. The molecule has 0 aromatic heterocycles. The van der Waals surface area contributed by atoms with Crippen molar-refractivity contribution in [2.24, 2.45) is 0 Å². The number of allylic oxidation sites excluding steroid dienone is 16. The number of carbonyl (C=O) groups is 3. The first-order valence-electron chi connectivity index (χ1n) is 31.7. The number of ether oxygens (including phenoxy) is 3. The van der Waals surface area contributed by atoms with Crippen LogP contribution in [-0.2, 0) is 28.6 Å². The van der Waals surface area contributed by atoms with Gasteiger partial charge in [-0.15, -0.1) is 0 Å². The fraction of sp³-hybridized carbons (Fsp3) is 0.725. The van der Waals surface area contributed by atoms with Crippen LogP contribution in [0.1, 0.15) is 303 Å². The second-order valence-electron chi connectivity index (χ2n) is 20.9. The van der Waals surface area contributed by atoms with Crippen molar-refractivity contribution in [3.05, 3.63) is 97.2 Å². The van der Waals surface area contributed by atoms with Gasteiger partial charge in [-0.25, -0.2) is 0 Å². The molecule has 0 spiro atoms. The van der Waals surface area contributed by atoms with Gasteiger partial charge in [0.2, 0.25) is 0 Å². The molecule has 0 saturated carbocycles. The van der Waals surface area contributed by atoms with Crippen LogP contribution in [0.3, 0.4) is 0 Å². The summed E-state index contributed by atoms with van der Waals surface area (Å²) in [5, 5.41) is 0. The van der Waals surface area contributed by atoms with E-state index < -0.39 is 12.1 Å². The van der Waals surface area contributed by atoms with Crippen LogP contribution in [0.15, 0.2) is 97.2 Å². The van der Waals surface area contributed by atoms with Crippen molar-refractivity contribution in [3.8, 4) is 0 Å². The van der Waals surface area contributed by atoms with Gasteiger partial charge in [0.1, 0.15) is 13.2 Å². The van der Waals surface area contributed by atoms with Crippen LogP contribution in [0.5, 0.6) is 0 Å². The molecular weight excluding hydrogens is 925 g/mol. The smallest absolute Gasteiger partial charge is 0.306 e. The van der Waals surface area contributed by atoms with E-state index in [2.05, 4.69) is 106 Å². The highest BCUT2D eigenvalue weighted by atomic mass is 16.6. The maximum absolute atomic E-state index is 12.8. The minimum absolute atomic E-state index is 0.106. The molecular formula is C69H118O6. The number of carbonyl (C=O) groups excluding carboxylic acids is 3. The monoisotopic (exact) mass is 1040 g/mol. The summed E-state index contributed by atoms with van der Waals surface area (Å²) in [6.45, 7) is 6.38.